The number of halogens is 1. The number of aliphatic hydroxyl groups excluding tert-OH is 1. The Hall–Kier alpha value is -3.38. The van der Waals surface area contributed by atoms with E-state index in [4.69, 9.17) is 4.74 Å². The molecule has 5 nitrogen and oxygen atoms in total. The van der Waals surface area contributed by atoms with Crippen molar-refractivity contribution < 1.29 is 24.1 Å². The lowest BCUT2D eigenvalue weighted by atomic mass is 9.51. The third-order valence-electron chi connectivity index (χ3n) is 10.9. The zero-order valence-electron chi connectivity index (χ0n) is 26.0. The van der Waals surface area contributed by atoms with Gasteiger partial charge in [-0.1, -0.05) is 49.7 Å². The number of nitrogens with zero attached hydrogens (tertiary/aromatic N) is 1. The molecule has 0 bridgehead atoms. The molecule has 0 aromatic heterocycles. The topological polar surface area (TPSA) is 70.0 Å². The Balaban J connectivity index is 1.18. The summed E-state index contributed by atoms with van der Waals surface area (Å²) in [5, 5.41) is 21.2. The number of benzene rings is 3. The number of hydrogen-bond donors (Lipinski definition) is 2. The molecule has 7 atom stereocenters. The van der Waals surface area contributed by atoms with Crippen LogP contribution < -0.4 is 4.74 Å². The molecule has 0 spiro atoms. The fourth-order valence-corrected chi connectivity index (χ4v) is 8.84. The Bertz CT molecular complexity index is 1430. The fraction of sp³-hybridized carbons (Fsp3) is 0.500. The number of phenolic OH excluding ortho intramolecular Hbond substituents is 1. The first-order chi connectivity index (χ1) is 21.3. The van der Waals surface area contributed by atoms with Crippen LogP contribution in [0.25, 0.3) is 0 Å². The fourth-order valence-electron chi connectivity index (χ4n) is 8.84. The van der Waals surface area contributed by atoms with Crippen LogP contribution in [0.15, 0.2) is 72.8 Å². The largest absolute Gasteiger partial charge is 0.508 e. The van der Waals surface area contributed by atoms with E-state index in [1.165, 1.54) is 0 Å². The number of fused-ring (bicyclic) bond motifs is 5. The van der Waals surface area contributed by atoms with Crippen molar-refractivity contribution in [1.82, 2.24) is 4.90 Å². The molecule has 3 aliphatic carbocycles. The first-order valence-corrected chi connectivity index (χ1v) is 16.5. The van der Waals surface area contributed by atoms with Crippen molar-refractivity contribution in [2.45, 2.75) is 83.5 Å². The molecule has 0 aliphatic heterocycles. The van der Waals surface area contributed by atoms with Crippen LogP contribution >= 0.6 is 0 Å². The number of amides is 1. The van der Waals surface area contributed by atoms with E-state index in [-0.39, 0.29) is 40.7 Å². The zero-order valence-corrected chi connectivity index (χ0v) is 26.0. The van der Waals surface area contributed by atoms with Crippen LogP contribution in [-0.4, -0.2) is 46.4 Å². The summed E-state index contributed by atoms with van der Waals surface area (Å²) in [6, 6.07) is 22.9. The molecule has 0 saturated heterocycles. The van der Waals surface area contributed by atoms with Gasteiger partial charge >= 0.3 is 0 Å². The molecule has 2 saturated carbocycles. The highest BCUT2D eigenvalue weighted by Crippen LogP contribution is 2.63. The van der Waals surface area contributed by atoms with E-state index in [9.17, 15) is 15.0 Å². The quantitative estimate of drug-likeness (QED) is 0.234. The summed E-state index contributed by atoms with van der Waals surface area (Å²) in [5.41, 5.74) is 3.47. The number of aromatic hydroxyl groups is 1. The van der Waals surface area contributed by atoms with Gasteiger partial charge in [0.05, 0.1) is 12.7 Å². The summed E-state index contributed by atoms with van der Waals surface area (Å²) in [5.74, 6) is 1.53. The van der Waals surface area contributed by atoms with Gasteiger partial charge < -0.3 is 19.8 Å². The maximum Gasteiger partial charge on any atom is 0.254 e. The molecule has 3 aromatic carbocycles. The van der Waals surface area contributed by atoms with E-state index in [1.807, 2.05) is 66.4 Å². The summed E-state index contributed by atoms with van der Waals surface area (Å²) in [6.07, 6.45) is 4.15. The maximum absolute atomic E-state index is 16.1. The number of ether oxygens (including phenoxy) is 1. The number of alkyl halides is 1. The highest BCUT2D eigenvalue weighted by atomic mass is 19.1. The average molecular weight is 600 g/mol. The third kappa shape index (κ3) is 5.98. The lowest BCUT2D eigenvalue weighted by Gasteiger charge is -2.54. The van der Waals surface area contributed by atoms with Crippen molar-refractivity contribution in [1.29, 1.82) is 0 Å². The van der Waals surface area contributed by atoms with Gasteiger partial charge in [-0.05, 0) is 122 Å². The normalized spacial score (nSPS) is 28.9. The highest BCUT2D eigenvalue weighted by molar-refractivity contribution is 5.94. The molecule has 2 N–H and O–H groups in total. The third-order valence-corrected chi connectivity index (χ3v) is 10.9. The highest BCUT2D eigenvalue weighted by Gasteiger charge is 2.59. The molecular weight excluding hydrogens is 553 g/mol. The van der Waals surface area contributed by atoms with E-state index in [0.717, 1.165) is 61.0 Å². The van der Waals surface area contributed by atoms with Gasteiger partial charge in [0, 0.05) is 24.6 Å². The van der Waals surface area contributed by atoms with Crippen LogP contribution in [0.3, 0.4) is 0 Å². The molecule has 0 heterocycles. The standard InChI is InChI=1S/C38H46FNO4/c1-3-44-30-15-12-26(13-16-30)37(43)40(24-25-9-5-4-6-10-25)20-8-7-11-27-21-28-22-29(41)14-17-31(28)36-33(39)23-38(2)32(35(27)36)18-19-34(38)42/h4-6,9-10,12-17,22,27,32-36,41-42H,3,7-8,11,18-21,23-24H2,1-2H3/t27-,32?,33+,34+,35?,36?,38+/m1/s1. The van der Waals surface area contributed by atoms with Gasteiger partial charge in [0.15, 0.2) is 0 Å². The first-order valence-electron chi connectivity index (χ1n) is 16.5. The molecule has 3 aliphatic rings. The Labute approximate surface area is 261 Å². The average Bonchev–Trinajstić information content (AvgIpc) is 3.32. The second-order valence-corrected chi connectivity index (χ2v) is 13.5. The number of rotatable bonds is 10. The van der Waals surface area contributed by atoms with Crippen LogP contribution in [0.1, 0.15) is 85.3 Å². The van der Waals surface area contributed by atoms with Crippen molar-refractivity contribution in [3.63, 3.8) is 0 Å². The molecule has 3 unspecified atom stereocenters. The molecule has 44 heavy (non-hydrogen) atoms. The minimum atomic E-state index is -1.01. The molecular formula is C38H46FNO4. The minimum Gasteiger partial charge on any atom is -0.508 e. The number of unbranched alkanes of at least 4 members (excludes halogenated alkanes) is 1. The lowest BCUT2D eigenvalue weighted by molar-refractivity contribution is -0.0722. The lowest BCUT2D eigenvalue weighted by Crippen LogP contribution is -2.51. The molecule has 2 fully saturated rings. The van der Waals surface area contributed by atoms with Gasteiger partial charge in [-0.25, -0.2) is 4.39 Å². The van der Waals surface area contributed by atoms with Gasteiger partial charge in [0.2, 0.25) is 0 Å². The monoisotopic (exact) mass is 599 g/mol. The van der Waals surface area contributed by atoms with E-state index >= 15 is 4.39 Å². The molecule has 6 heteroatoms. The molecule has 1 amide bonds. The smallest absolute Gasteiger partial charge is 0.254 e. The Morgan fingerprint density at radius 3 is 2.57 bits per heavy atom. The predicted octanol–water partition coefficient (Wildman–Crippen LogP) is 7.69. The van der Waals surface area contributed by atoms with Crippen LogP contribution in [0.5, 0.6) is 11.5 Å². The second-order valence-electron chi connectivity index (χ2n) is 13.5. The first kappa shape index (κ1) is 30.6. The summed E-state index contributed by atoms with van der Waals surface area (Å²) < 4.78 is 21.7. The van der Waals surface area contributed by atoms with Gasteiger partial charge in [-0.3, -0.25) is 4.79 Å². The number of carbonyl (C=O) groups is 1. The van der Waals surface area contributed by atoms with Gasteiger partial charge in [-0.15, -0.1) is 0 Å². The number of carbonyl (C=O) groups excluding carboxylic acids is 1. The van der Waals surface area contributed by atoms with Crippen molar-refractivity contribution >= 4 is 5.91 Å². The van der Waals surface area contributed by atoms with E-state index in [2.05, 4.69) is 19.1 Å². The SMILES string of the molecule is CCOc1ccc(C(=O)N(CCCC[C@@H]2Cc3cc(O)ccc3C3C2C2CC[C@H](O)[C@@]2(C)C[C@@H]3F)Cc2ccccc2)cc1. The molecule has 6 rings (SSSR count). The maximum atomic E-state index is 16.1. The van der Waals surface area contributed by atoms with Crippen LogP contribution in [0, 0.1) is 23.2 Å². The van der Waals surface area contributed by atoms with E-state index in [0.29, 0.717) is 31.7 Å². The van der Waals surface area contributed by atoms with Crippen molar-refractivity contribution in [2.75, 3.05) is 13.2 Å². The number of aliphatic hydroxyl groups is 1. The Morgan fingerprint density at radius 1 is 1.05 bits per heavy atom. The summed E-state index contributed by atoms with van der Waals surface area (Å²) >= 11 is 0. The second kappa shape index (κ2) is 12.9. The van der Waals surface area contributed by atoms with Crippen LogP contribution in [0.4, 0.5) is 4.39 Å². The number of phenols is 1. The Morgan fingerprint density at radius 2 is 1.82 bits per heavy atom. The summed E-state index contributed by atoms with van der Waals surface area (Å²) in [4.78, 5) is 15.6. The molecule has 0 radical (unpaired) electrons. The van der Waals surface area contributed by atoms with Crippen molar-refractivity contribution in [2.24, 2.45) is 23.2 Å². The Kier molecular flexibility index (Phi) is 9.00. The van der Waals surface area contributed by atoms with E-state index in [1.54, 1.807) is 6.07 Å². The molecule has 234 valence electrons. The van der Waals surface area contributed by atoms with Crippen molar-refractivity contribution in [3.8, 4) is 11.5 Å². The summed E-state index contributed by atoms with van der Waals surface area (Å²) in [6.45, 7) is 5.79. The number of hydrogen-bond acceptors (Lipinski definition) is 4. The van der Waals surface area contributed by atoms with Gasteiger partial charge in [0.1, 0.15) is 17.7 Å². The predicted molar refractivity (Wildman–Crippen MR) is 171 cm³/mol. The molecule has 3 aromatic rings. The van der Waals surface area contributed by atoms with Crippen LogP contribution in [0.2, 0.25) is 0 Å². The van der Waals surface area contributed by atoms with Crippen molar-refractivity contribution in [3.05, 3.63) is 95.1 Å². The van der Waals surface area contributed by atoms with Gasteiger partial charge in [-0.2, -0.15) is 0 Å². The van der Waals surface area contributed by atoms with Gasteiger partial charge in [0.25, 0.3) is 5.91 Å². The summed E-state index contributed by atoms with van der Waals surface area (Å²) in [7, 11) is 0. The van der Waals surface area contributed by atoms with E-state index < -0.39 is 12.3 Å². The van der Waals surface area contributed by atoms with Crippen LogP contribution in [-0.2, 0) is 13.0 Å². The zero-order chi connectivity index (χ0) is 30.8. The minimum absolute atomic E-state index is 0.00213.